The van der Waals surface area contributed by atoms with Gasteiger partial charge in [-0.25, -0.2) is 4.39 Å². The first-order chi connectivity index (χ1) is 8.63. The number of H-pyrrole nitrogens is 1. The summed E-state index contributed by atoms with van der Waals surface area (Å²) in [6.45, 7) is 3.16. The van der Waals surface area contributed by atoms with Crippen molar-refractivity contribution in [3.8, 4) is 0 Å². The number of nitrogen functional groups attached to an aromatic ring is 1. The van der Waals surface area contributed by atoms with E-state index in [0.717, 1.165) is 11.9 Å². The highest BCUT2D eigenvalue weighted by atomic mass is 19.1. The van der Waals surface area contributed by atoms with E-state index in [0.29, 0.717) is 30.3 Å². The van der Waals surface area contributed by atoms with Gasteiger partial charge in [0.05, 0.1) is 18.1 Å². The van der Waals surface area contributed by atoms with Crippen molar-refractivity contribution in [3.63, 3.8) is 0 Å². The molecule has 0 amide bonds. The van der Waals surface area contributed by atoms with Crippen LogP contribution in [0.5, 0.6) is 0 Å². The quantitative estimate of drug-likeness (QED) is 0.792. The minimum Gasteiger partial charge on any atom is -0.368 e. The van der Waals surface area contributed by atoms with Crippen LogP contribution in [0.1, 0.15) is 13.3 Å². The molecule has 0 aromatic carbocycles. The molecule has 1 saturated heterocycles. The van der Waals surface area contributed by atoms with E-state index in [9.17, 15) is 4.39 Å². The Morgan fingerprint density at radius 1 is 1.44 bits per heavy atom. The molecule has 3 rings (SSSR count). The summed E-state index contributed by atoms with van der Waals surface area (Å²) < 4.78 is 13.7. The SMILES string of the molecule is CC1CC(F)CN(c2nc(N)nc3[nH]ncc23)C1. The van der Waals surface area contributed by atoms with Gasteiger partial charge in [0, 0.05) is 6.54 Å². The average molecular weight is 250 g/mol. The maximum atomic E-state index is 13.7. The van der Waals surface area contributed by atoms with E-state index >= 15 is 0 Å². The Morgan fingerprint density at radius 2 is 2.28 bits per heavy atom. The first-order valence-electron chi connectivity index (χ1n) is 5.99. The summed E-state index contributed by atoms with van der Waals surface area (Å²) in [5, 5.41) is 7.48. The standard InChI is InChI=1S/C11H15FN6/c1-6-2-7(12)5-18(4-6)10-8-3-14-17-9(8)15-11(13)16-10/h3,6-7H,2,4-5H2,1H3,(H3,13,14,15,16,17). The summed E-state index contributed by atoms with van der Waals surface area (Å²) in [5.41, 5.74) is 6.26. The number of nitrogens with one attached hydrogen (secondary N) is 1. The zero-order valence-corrected chi connectivity index (χ0v) is 10.1. The fourth-order valence-electron chi connectivity index (χ4n) is 2.53. The van der Waals surface area contributed by atoms with Crippen molar-refractivity contribution in [2.75, 3.05) is 23.7 Å². The lowest BCUT2D eigenvalue weighted by Gasteiger charge is -2.34. The lowest BCUT2D eigenvalue weighted by molar-refractivity contribution is 0.245. The van der Waals surface area contributed by atoms with Gasteiger partial charge in [-0.15, -0.1) is 0 Å². The second-order valence-corrected chi connectivity index (χ2v) is 4.88. The van der Waals surface area contributed by atoms with E-state index in [-0.39, 0.29) is 5.95 Å². The average Bonchev–Trinajstić information content (AvgIpc) is 2.74. The van der Waals surface area contributed by atoms with Crippen LogP contribution in [-0.2, 0) is 0 Å². The lowest BCUT2D eigenvalue weighted by atomic mass is 9.99. The second kappa shape index (κ2) is 4.08. The molecule has 3 N–H and O–H groups in total. The molecule has 7 heteroatoms. The zero-order valence-electron chi connectivity index (χ0n) is 10.1. The van der Waals surface area contributed by atoms with Crippen LogP contribution < -0.4 is 10.6 Å². The largest absolute Gasteiger partial charge is 0.368 e. The van der Waals surface area contributed by atoms with E-state index in [2.05, 4.69) is 20.2 Å². The number of alkyl halides is 1. The number of aromatic nitrogens is 4. The molecule has 0 bridgehead atoms. The predicted molar refractivity (Wildman–Crippen MR) is 67.0 cm³/mol. The third-order valence-corrected chi connectivity index (χ3v) is 3.22. The number of anilines is 2. The molecular weight excluding hydrogens is 235 g/mol. The molecule has 0 aliphatic carbocycles. The number of hydrogen-bond acceptors (Lipinski definition) is 5. The summed E-state index contributed by atoms with van der Waals surface area (Å²) in [6, 6.07) is 0. The Bertz CT molecular complexity index is 558. The van der Waals surface area contributed by atoms with Crippen molar-refractivity contribution in [3.05, 3.63) is 6.20 Å². The number of piperidine rings is 1. The van der Waals surface area contributed by atoms with E-state index in [4.69, 9.17) is 5.73 Å². The van der Waals surface area contributed by atoms with E-state index in [1.807, 2.05) is 11.8 Å². The number of rotatable bonds is 1. The molecule has 2 aromatic heterocycles. The van der Waals surface area contributed by atoms with Gasteiger partial charge in [0.15, 0.2) is 5.65 Å². The minimum atomic E-state index is -0.827. The van der Waals surface area contributed by atoms with Gasteiger partial charge in [-0.3, -0.25) is 5.10 Å². The first kappa shape index (κ1) is 11.2. The highest BCUT2D eigenvalue weighted by molar-refractivity contribution is 5.87. The first-order valence-corrected chi connectivity index (χ1v) is 5.99. The molecule has 1 fully saturated rings. The molecule has 1 aliphatic heterocycles. The van der Waals surface area contributed by atoms with Gasteiger partial charge < -0.3 is 10.6 Å². The van der Waals surface area contributed by atoms with Crippen LogP contribution in [0.15, 0.2) is 6.20 Å². The predicted octanol–water partition coefficient (Wildman–Crippen LogP) is 1.12. The smallest absolute Gasteiger partial charge is 0.224 e. The molecular formula is C11H15FN6. The minimum absolute atomic E-state index is 0.176. The molecule has 2 atom stereocenters. The number of hydrogen-bond donors (Lipinski definition) is 2. The fourth-order valence-corrected chi connectivity index (χ4v) is 2.53. The van der Waals surface area contributed by atoms with Crippen LogP contribution in [0, 0.1) is 5.92 Å². The highest BCUT2D eigenvalue weighted by Gasteiger charge is 2.27. The Balaban J connectivity index is 2.05. The molecule has 18 heavy (non-hydrogen) atoms. The fraction of sp³-hybridized carbons (Fsp3) is 0.545. The Hall–Kier alpha value is -1.92. The third kappa shape index (κ3) is 1.85. The van der Waals surface area contributed by atoms with Crippen molar-refractivity contribution >= 4 is 22.8 Å². The third-order valence-electron chi connectivity index (χ3n) is 3.22. The summed E-state index contributed by atoms with van der Waals surface area (Å²) in [6.07, 6.45) is 1.43. The number of aromatic amines is 1. The molecule has 0 radical (unpaired) electrons. The Labute approximate surface area is 103 Å². The zero-order chi connectivity index (χ0) is 12.7. The van der Waals surface area contributed by atoms with E-state index in [1.165, 1.54) is 0 Å². The normalized spacial score (nSPS) is 24.7. The van der Waals surface area contributed by atoms with E-state index in [1.54, 1.807) is 6.20 Å². The number of nitrogens with zero attached hydrogens (tertiary/aromatic N) is 4. The van der Waals surface area contributed by atoms with Crippen LogP contribution in [0.25, 0.3) is 11.0 Å². The maximum Gasteiger partial charge on any atom is 0.224 e. The summed E-state index contributed by atoms with van der Waals surface area (Å²) in [4.78, 5) is 10.2. The number of fused-ring (bicyclic) bond motifs is 1. The van der Waals surface area contributed by atoms with Gasteiger partial charge in [0.25, 0.3) is 0 Å². The van der Waals surface area contributed by atoms with Gasteiger partial charge in [0.2, 0.25) is 5.95 Å². The Kier molecular flexibility index (Phi) is 2.53. The van der Waals surface area contributed by atoms with Crippen molar-refractivity contribution in [2.45, 2.75) is 19.5 Å². The van der Waals surface area contributed by atoms with Gasteiger partial charge in [0.1, 0.15) is 12.0 Å². The van der Waals surface area contributed by atoms with Gasteiger partial charge >= 0.3 is 0 Å². The molecule has 6 nitrogen and oxygen atoms in total. The molecule has 3 heterocycles. The molecule has 1 aliphatic rings. The summed E-state index contributed by atoms with van der Waals surface area (Å²) in [7, 11) is 0. The van der Waals surface area contributed by atoms with Crippen molar-refractivity contribution in [1.29, 1.82) is 0 Å². The topological polar surface area (TPSA) is 83.7 Å². The van der Waals surface area contributed by atoms with Gasteiger partial charge in [-0.1, -0.05) is 6.92 Å². The van der Waals surface area contributed by atoms with Crippen LogP contribution in [0.3, 0.4) is 0 Å². The van der Waals surface area contributed by atoms with Crippen molar-refractivity contribution in [1.82, 2.24) is 20.2 Å². The van der Waals surface area contributed by atoms with Crippen molar-refractivity contribution in [2.24, 2.45) is 5.92 Å². The summed E-state index contributed by atoms with van der Waals surface area (Å²) >= 11 is 0. The highest BCUT2D eigenvalue weighted by Crippen LogP contribution is 2.28. The maximum absolute atomic E-state index is 13.7. The van der Waals surface area contributed by atoms with Gasteiger partial charge in [-0.05, 0) is 12.3 Å². The van der Waals surface area contributed by atoms with Crippen LogP contribution >= 0.6 is 0 Å². The lowest BCUT2D eigenvalue weighted by Crippen LogP contribution is -2.41. The van der Waals surface area contributed by atoms with E-state index < -0.39 is 6.17 Å². The monoisotopic (exact) mass is 250 g/mol. The summed E-state index contributed by atoms with van der Waals surface area (Å²) in [5.74, 6) is 1.14. The molecule has 0 saturated carbocycles. The number of halogens is 1. The number of nitrogens with two attached hydrogens (primary N) is 1. The van der Waals surface area contributed by atoms with Crippen LogP contribution in [-0.4, -0.2) is 39.4 Å². The van der Waals surface area contributed by atoms with Gasteiger partial charge in [-0.2, -0.15) is 15.1 Å². The second-order valence-electron chi connectivity index (χ2n) is 4.88. The molecule has 2 aromatic rings. The van der Waals surface area contributed by atoms with Crippen LogP contribution in [0.4, 0.5) is 16.2 Å². The molecule has 96 valence electrons. The van der Waals surface area contributed by atoms with Crippen LogP contribution in [0.2, 0.25) is 0 Å². The van der Waals surface area contributed by atoms with Crippen molar-refractivity contribution < 1.29 is 4.39 Å². The molecule has 2 unspecified atom stereocenters. The Morgan fingerprint density at radius 3 is 3.06 bits per heavy atom. The molecule has 0 spiro atoms.